The van der Waals surface area contributed by atoms with Gasteiger partial charge in [-0.15, -0.1) is 0 Å². The van der Waals surface area contributed by atoms with E-state index >= 15 is 0 Å². The van der Waals surface area contributed by atoms with Crippen molar-refractivity contribution in [2.75, 3.05) is 0 Å². The molecule has 1 aliphatic rings. The Hall–Kier alpha value is -0.830. The summed E-state index contributed by atoms with van der Waals surface area (Å²) in [6.45, 7) is 7.74. The Morgan fingerprint density at radius 3 is 2.60 bits per heavy atom. The molecule has 1 atom stereocenters. The van der Waals surface area contributed by atoms with E-state index in [2.05, 4.69) is 37.4 Å². The molecule has 2 rings (SSSR count). The first-order valence-electron chi connectivity index (χ1n) is 8.37. The highest BCUT2D eigenvalue weighted by Gasteiger charge is 2.22. The lowest BCUT2D eigenvalue weighted by molar-refractivity contribution is 0.261. The predicted octanol–water partition coefficient (Wildman–Crippen LogP) is 3.99. The maximum Gasteiger partial charge on any atom is 0.0694 e. The van der Waals surface area contributed by atoms with Crippen molar-refractivity contribution in [1.82, 2.24) is 15.1 Å². The van der Waals surface area contributed by atoms with Gasteiger partial charge in [0.25, 0.3) is 0 Å². The van der Waals surface area contributed by atoms with Gasteiger partial charge in [-0.3, -0.25) is 4.68 Å². The Kier molecular flexibility index (Phi) is 5.64. The summed E-state index contributed by atoms with van der Waals surface area (Å²) in [5.74, 6) is 1.38. The first-order valence-corrected chi connectivity index (χ1v) is 8.37. The molecule has 1 heterocycles. The average molecular weight is 277 g/mol. The van der Waals surface area contributed by atoms with Crippen LogP contribution in [-0.2, 0) is 13.6 Å². The molecular weight excluding hydrogens is 246 g/mol. The zero-order chi connectivity index (χ0) is 14.5. The Morgan fingerprint density at radius 1 is 1.30 bits per heavy atom. The molecule has 3 heteroatoms. The molecular formula is C17H31N3. The molecule has 0 aliphatic heterocycles. The van der Waals surface area contributed by atoms with E-state index < -0.39 is 0 Å². The molecule has 20 heavy (non-hydrogen) atoms. The molecule has 1 aromatic rings. The largest absolute Gasteiger partial charge is 0.310 e. The summed E-state index contributed by atoms with van der Waals surface area (Å²) in [6, 6.07) is 0.676. The van der Waals surface area contributed by atoms with E-state index in [1.54, 1.807) is 0 Å². The minimum absolute atomic E-state index is 0.503. The van der Waals surface area contributed by atoms with Gasteiger partial charge >= 0.3 is 0 Å². The normalized spacial score (nSPS) is 18.6. The maximum absolute atomic E-state index is 4.60. The second-order valence-electron chi connectivity index (χ2n) is 6.66. The van der Waals surface area contributed by atoms with E-state index in [1.165, 1.54) is 49.8 Å². The molecule has 0 aromatic carbocycles. The maximum atomic E-state index is 4.60. The number of aryl methyl sites for hydroxylation is 1. The summed E-state index contributed by atoms with van der Waals surface area (Å²) in [5.41, 5.74) is 2.62. The third-order valence-electron chi connectivity index (χ3n) is 4.70. The summed E-state index contributed by atoms with van der Waals surface area (Å²) >= 11 is 0. The number of nitrogens with zero attached hydrogens (tertiary/aromatic N) is 2. The third kappa shape index (κ3) is 3.85. The number of aromatic nitrogens is 2. The lowest BCUT2D eigenvalue weighted by Crippen LogP contribution is -2.36. The van der Waals surface area contributed by atoms with Crippen LogP contribution in [0.1, 0.15) is 76.5 Å². The van der Waals surface area contributed by atoms with Gasteiger partial charge in [-0.25, -0.2) is 0 Å². The van der Waals surface area contributed by atoms with Gasteiger partial charge in [0.2, 0.25) is 0 Å². The second-order valence-corrected chi connectivity index (χ2v) is 6.66. The van der Waals surface area contributed by atoms with Gasteiger partial charge in [0, 0.05) is 31.4 Å². The molecule has 1 unspecified atom stereocenters. The van der Waals surface area contributed by atoms with Crippen LogP contribution in [0.15, 0.2) is 6.20 Å². The molecule has 1 aromatic heterocycles. The van der Waals surface area contributed by atoms with E-state index in [4.69, 9.17) is 0 Å². The van der Waals surface area contributed by atoms with Crippen molar-refractivity contribution in [2.45, 2.75) is 77.8 Å². The van der Waals surface area contributed by atoms with E-state index in [0.29, 0.717) is 12.0 Å². The van der Waals surface area contributed by atoms with Crippen molar-refractivity contribution < 1.29 is 0 Å². The molecule has 0 bridgehead atoms. The molecule has 3 nitrogen and oxygen atoms in total. The van der Waals surface area contributed by atoms with Gasteiger partial charge in [-0.05, 0) is 31.1 Å². The van der Waals surface area contributed by atoms with Crippen LogP contribution >= 0.6 is 0 Å². The molecule has 1 saturated carbocycles. The van der Waals surface area contributed by atoms with Crippen LogP contribution in [-0.4, -0.2) is 15.8 Å². The van der Waals surface area contributed by atoms with Crippen LogP contribution in [0.25, 0.3) is 0 Å². The van der Waals surface area contributed by atoms with E-state index in [0.717, 1.165) is 12.5 Å². The molecule has 1 aliphatic carbocycles. The van der Waals surface area contributed by atoms with E-state index in [1.807, 2.05) is 11.7 Å². The molecule has 114 valence electrons. The minimum Gasteiger partial charge on any atom is -0.310 e. The number of rotatable bonds is 6. The zero-order valence-corrected chi connectivity index (χ0v) is 13.7. The summed E-state index contributed by atoms with van der Waals surface area (Å²) in [6.07, 6.45) is 10.5. The smallest absolute Gasteiger partial charge is 0.0694 e. The fraction of sp³-hybridized carbons (Fsp3) is 0.824. The summed E-state index contributed by atoms with van der Waals surface area (Å²) < 4.78 is 1.95. The number of nitrogens with one attached hydrogen (secondary N) is 1. The molecule has 0 spiro atoms. The molecule has 0 radical (unpaired) electrons. The van der Waals surface area contributed by atoms with Gasteiger partial charge in [-0.2, -0.15) is 5.10 Å². The van der Waals surface area contributed by atoms with Crippen LogP contribution in [0.3, 0.4) is 0 Å². The van der Waals surface area contributed by atoms with Gasteiger partial charge in [0.05, 0.1) is 5.69 Å². The zero-order valence-electron chi connectivity index (χ0n) is 13.7. The standard InChI is InChI=1S/C17H31N3/c1-5-16(14-9-7-6-8-10-14)18-11-15-12-20(4)19-17(15)13(2)3/h12-14,16,18H,5-11H2,1-4H3. The van der Waals surface area contributed by atoms with Gasteiger partial charge in [0.15, 0.2) is 0 Å². The average Bonchev–Trinajstić information content (AvgIpc) is 2.82. The first-order chi connectivity index (χ1) is 9.61. The molecule has 1 N–H and O–H groups in total. The molecule has 1 fully saturated rings. The van der Waals surface area contributed by atoms with Crippen LogP contribution in [0.4, 0.5) is 0 Å². The highest BCUT2D eigenvalue weighted by atomic mass is 15.3. The van der Waals surface area contributed by atoms with Crippen molar-refractivity contribution in [3.63, 3.8) is 0 Å². The Balaban J connectivity index is 1.95. The predicted molar refractivity (Wildman–Crippen MR) is 84.8 cm³/mol. The van der Waals surface area contributed by atoms with Crippen molar-refractivity contribution >= 4 is 0 Å². The highest BCUT2D eigenvalue weighted by Crippen LogP contribution is 2.28. The number of hydrogen-bond acceptors (Lipinski definition) is 2. The highest BCUT2D eigenvalue weighted by molar-refractivity contribution is 5.20. The fourth-order valence-electron chi connectivity index (χ4n) is 3.60. The van der Waals surface area contributed by atoms with Crippen LogP contribution < -0.4 is 5.32 Å². The SMILES string of the molecule is CCC(NCc1cn(C)nc1C(C)C)C1CCCCC1. The lowest BCUT2D eigenvalue weighted by atomic mass is 9.83. The van der Waals surface area contributed by atoms with Crippen LogP contribution in [0.2, 0.25) is 0 Å². The Labute approximate surface area is 124 Å². The second kappa shape index (κ2) is 7.26. The van der Waals surface area contributed by atoms with Gasteiger partial charge in [-0.1, -0.05) is 40.0 Å². The lowest BCUT2D eigenvalue weighted by Gasteiger charge is -2.30. The van der Waals surface area contributed by atoms with Crippen molar-refractivity contribution in [3.05, 3.63) is 17.5 Å². The van der Waals surface area contributed by atoms with Crippen molar-refractivity contribution in [2.24, 2.45) is 13.0 Å². The topological polar surface area (TPSA) is 29.9 Å². The molecule has 0 saturated heterocycles. The first kappa shape index (κ1) is 15.6. The monoisotopic (exact) mass is 277 g/mol. The van der Waals surface area contributed by atoms with Crippen LogP contribution in [0, 0.1) is 5.92 Å². The van der Waals surface area contributed by atoms with Crippen LogP contribution in [0.5, 0.6) is 0 Å². The van der Waals surface area contributed by atoms with Crippen molar-refractivity contribution in [3.8, 4) is 0 Å². The minimum atomic E-state index is 0.503. The van der Waals surface area contributed by atoms with Gasteiger partial charge < -0.3 is 5.32 Å². The fourth-order valence-corrected chi connectivity index (χ4v) is 3.60. The third-order valence-corrected chi connectivity index (χ3v) is 4.70. The van der Waals surface area contributed by atoms with Crippen molar-refractivity contribution in [1.29, 1.82) is 0 Å². The van der Waals surface area contributed by atoms with E-state index in [9.17, 15) is 0 Å². The Bertz CT molecular complexity index is 402. The Morgan fingerprint density at radius 2 is 2.00 bits per heavy atom. The quantitative estimate of drug-likeness (QED) is 0.852. The number of hydrogen-bond donors (Lipinski definition) is 1. The van der Waals surface area contributed by atoms with E-state index in [-0.39, 0.29) is 0 Å². The summed E-state index contributed by atoms with van der Waals surface area (Å²) in [5, 5.41) is 8.41. The summed E-state index contributed by atoms with van der Waals surface area (Å²) in [4.78, 5) is 0. The van der Waals surface area contributed by atoms with Gasteiger partial charge in [0.1, 0.15) is 0 Å². The summed E-state index contributed by atoms with van der Waals surface area (Å²) in [7, 11) is 2.02. The molecule has 0 amide bonds.